The fraction of sp³-hybridized carbons (Fsp3) is 0.938. The molecule has 0 aliphatic rings. The van der Waals surface area contributed by atoms with E-state index < -0.39 is 5.97 Å². The first-order chi connectivity index (χ1) is 9.64. The quantitative estimate of drug-likeness (QED) is 0.286. The highest BCUT2D eigenvalue weighted by Gasteiger charge is 2.33. The molecule has 0 fully saturated rings. The van der Waals surface area contributed by atoms with E-state index in [1.807, 2.05) is 6.92 Å². The highest BCUT2D eigenvalue weighted by molar-refractivity contribution is 5.69. The predicted molar refractivity (Wildman–Crippen MR) is 80.4 cm³/mol. The van der Waals surface area contributed by atoms with Crippen molar-refractivity contribution in [2.75, 3.05) is 14.2 Å². The summed E-state index contributed by atoms with van der Waals surface area (Å²) >= 11 is 0. The Bertz CT molecular complexity index is 237. The van der Waals surface area contributed by atoms with Crippen LogP contribution in [0.15, 0.2) is 0 Å². The molecule has 0 aromatic heterocycles. The van der Waals surface area contributed by atoms with Crippen LogP contribution in [0.2, 0.25) is 0 Å². The molecule has 0 rings (SSSR count). The molecular weight excluding hydrogens is 256 g/mol. The van der Waals surface area contributed by atoms with E-state index in [9.17, 15) is 4.79 Å². The average molecular weight is 288 g/mol. The molecule has 0 spiro atoms. The summed E-state index contributed by atoms with van der Waals surface area (Å²) in [7, 11) is 3.00. The first-order valence-corrected chi connectivity index (χ1v) is 7.96. The van der Waals surface area contributed by atoms with E-state index in [2.05, 4.69) is 6.92 Å². The average Bonchev–Trinajstić information content (AvgIpc) is 2.45. The number of esters is 1. The number of hydrogen-bond acceptors (Lipinski definition) is 4. The van der Waals surface area contributed by atoms with E-state index in [1.54, 1.807) is 0 Å². The summed E-state index contributed by atoms with van der Waals surface area (Å²) in [6.07, 6.45) is 10.1. The number of rotatable bonds is 13. The number of methoxy groups -OCH3 is 2. The monoisotopic (exact) mass is 288 g/mol. The Morgan fingerprint density at radius 2 is 1.40 bits per heavy atom. The number of carbonyl (C=O) groups excluding carboxylic acids is 1. The molecule has 0 saturated carbocycles. The van der Waals surface area contributed by atoms with Gasteiger partial charge in [0.25, 0.3) is 0 Å². The van der Waals surface area contributed by atoms with Crippen molar-refractivity contribution in [3.8, 4) is 0 Å². The zero-order valence-electron chi connectivity index (χ0n) is 13.7. The number of carbonyl (C=O) groups is 1. The molecule has 0 saturated heterocycles. The second kappa shape index (κ2) is 12.2. The third-order valence-electron chi connectivity index (χ3n) is 3.43. The summed E-state index contributed by atoms with van der Waals surface area (Å²) in [4.78, 5) is 11.8. The van der Waals surface area contributed by atoms with Gasteiger partial charge in [-0.1, -0.05) is 52.4 Å². The van der Waals surface area contributed by atoms with Crippen molar-refractivity contribution in [2.45, 2.75) is 84.0 Å². The minimum atomic E-state index is -1.20. The van der Waals surface area contributed by atoms with Gasteiger partial charge in [-0.15, -0.1) is 0 Å². The van der Waals surface area contributed by atoms with Crippen LogP contribution in [-0.4, -0.2) is 26.2 Å². The summed E-state index contributed by atoms with van der Waals surface area (Å²) in [6.45, 7) is 4.21. The summed E-state index contributed by atoms with van der Waals surface area (Å²) in [5.41, 5.74) is 0. The van der Waals surface area contributed by atoms with Gasteiger partial charge in [0.1, 0.15) is 0 Å². The molecule has 0 heterocycles. The second-order valence-corrected chi connectivity index (χ2v) is 5.19. The highest BCUT2D eigenvalue weighted by Crippen LogP contribution is 2.21. The Morgan fingerprint density at radius 3 is 1.90 bits per heavy atom. The Kier molecular flexibility index (Phi) is 11.8. The molecule has 0 aliphatic heterocycles. The molecule has 0 atom stereocenters. The van der Waals surface area contributed by atoms with E-state index in [1.165, 1.54) is 46.3 Å². The molecule has 0 amide bonds. The number of unbranched alkanes of at least 4 members (excludes halogenated alkanes) is 6. The lowest BCUT2D eigenvalue weighted by Gasteiger charge is -2.29. The normalized spacial score (nSPS) is 11.6. The fourth-order valence-corrected chi connectivity index (χ4v) is 2.18. The van der Waals surface area contributed by atoms with Crippen LogP contribution in [0.1, 0.15) is 78.1 Å². The van der Waals surface area contributed by atoms with Gasteiger partial charge in [-0.25, -0.2) is 0 Å². The van der Waals surface area contributed by atoms with Crippen LogP contribution >= 0.6 is 0 Å². The van der Waals surface area contributed by atoms with Gasteiger partial charge in [0, 0.05) is 27.1 Å². The van der Waals surface area contributed by atoms with Crippen molar-refractivity contribution in [1.82, 2.24) is 0 Å². The lowest BCUT2D eigenvalue weighted by molar-refractivity contribution is -0.347. The van der Waals surface area contributed by atoms with Crippen LogP contribution in [0.3, 0.4) is 0 Å². The molecule has 0 aliphatic carbocycles. The van der Waals surface area contributed by atoms with Crippen molar-refractivity contribution in [3.63, 3.8) is 0 Å². The molecule has 0 bridgehead atoms. The zero-order valence-corrected chi connectivity index (χ0v) is 13.7. The summed E-state index contributed by atoms with van der Waals surface area (Å²) in [6, 6.07) is 0. The van der Waals surface area contributed by atoms with Gasteiger partial charge in [-0.2, -0.15) is 0 Å². The molecule has 0 aromatic rings. The van der Waals surface area contributed by atoms with E-state index in [0.717, 1.165) is 19.3 Å². The van der Waals surface area contributed by atoms with Crippen LogP contribution in [0.25, 0.3) is 0 Å². The van der Waals surface area contributed by atoms with E-state index in [0.29, 0.717) is 12.8 Å². The predicted octanol–water partition coefficient (Wildman–Crippen LogP) is 4.42. The lowest BCUT2D eigenvalue weighted by Crippen LogP contribution is -2.39. The van der Waals surface area contributed by atoms with E-state index >= 15 is 0 Å². The molecule has 120 valence electrons. The first kappa shape index (κ1) is 19.4. The zero-order chi connectivity index (χ0) is 15.3. The molecular formula is C16H32O4. The Labute approximate surface area is 124 Å². The molecule has 4 heteroatoms. The summed E-state index contributed by atoms with van der Waals surface area (Å²) < 4.78 is 15.7. The van der Waals surface area contributed by atoms with Gasteiger partial charge in [-0.05, 0) is 12.8 Å². The number of hydrogen-bond donors (Lipinski definition) is 0. The second-order valence-electron chi connectivity index (χ2n) is 5.19. The van der Waals surface area contributed by atoms with Crippen molar-refractivity contribution in [3.05, 3.63) is 0 Å². The Morgan fingerprint density at radius 1 is 0.850 bits per heavy atom. The lowest BCUT2D eigenvalue weighted by atomic mass is 10.1. The largest absolute Gasteiger partial charge is 0.408 e. The van der Waals surface area contributed by atoms with Gasteiger partial charge in [0.15, 0.2) is 0 Å². The molecule has 0 N–H and O–H groups in total. The maximum atomic E-state index is 11.8. The van der Waals surface area contributed by atoms with Crippen molar-refractivity contribution in [1.29, 1.82) is 0 Å². The fourth-order valence-electron chi connectivity index (χ4n) is 2.18. The minimum Gasteiger partial charge on any atom is -0.408 e. The van der Waals surface area contributed by atoms with Crippen molar-refractivity contribution >= 4 is 5.97 Å². The SMILES string of the molecule is CCCCCCCCCC(=O)OC(CCC)(OC)OC. The third-order valence-corrected chi connectivity index (χ3v) is 3.43. The standard InChI is InChI=1S/C16H32O4/c1-5-7-8-9-10-11-12-13-15(17)20-16(18-3,19-4)14-6-2/h5-14H2,1-4H3. The molecule has 0 unspecified atom stereocenters. The van der Waals surface area contributed by atoms with Gasteiger partial charge in [0.05, 0.1) is 0 Å². The Hall–Kier alpha value is -0.610. The van der Waals surface area contributed by atoms with Crippen LogP contribution in [-0.2, 0) is 19.0 Å². The third kappa shape index (κ3) is 8.54. The van der Waals surface area contributed by atoms with Crippen LogP contribution < -0.4 is 0 Å². The maximum absolute atomic E-state index is 11.8. The van der Waals surface area contributed by atoms with Crippen molar-refractivity contribution in [2.24, 2.45) is 0 Å². The molecule has 4 nitrogen and oxygen atoms in total. The number of ether oxygens (including phenoxy) is 3. The van der Waals surface area contributed by atoms with Gasteiger partial charge in [0.2, 0.25) is 0 Å². The highest BCUT2D eigenvalue weighted by atomic mass is 16.9. The first-order valence-electron chi connectivity index (χ1n) is 7.96. The minimum absolute atomic E-state index is 0.240. The Balaban J connectivity index is 3.80. The van der Waals surface area contributed by atoms with Crippen LogP contribution in [0.5, 0.6) is 0 Å². The molecule has 0 aromatic carbocycles. The van der Waals surface area contributed by atoms with Crippen LogP contribution in [0, 0.1) is 0 Å². The molecule has 0 radical (unpaired) electrons. The summed E-state index contributed by atoms with van der Waals surface area (Å²) in [5.74, 6) is -1.44. The topological polar surface area (TPSA) is 44.8 Å². The van der Waals surface area contributed by atoms with E-state index in [4.69, 9.17) is 14.2 Å². The summed E-state index contributed by atoms with van der Waals surface area (Å²) in [5, 5.41) is 0. The van der Waals surface area contributed by atoms with Gasteiger partial charge >= 0.3 is 11.9 Å². The van der Waals surface area contributed by atoms with E-state index in [-0.39, 0.29) is 5.97 Å². The van der Waals surface area contributed by atoms with Gasteiger partial charge in [-0.3, -0.25) is 4.79 Å². The van der Waals surface area contributed by atoms with Crippen LogP contribution in [0.4, 0.5) is 0 Å². The van der Waals surface area contributed by atoms with Crippen molar-refractivity contribution < 1.29 is 19.0 Å². The maximum Gasteiger partial charge on any atom is 0.328 e. The smallest absolute Gasteiger partial charge is 0.328 e. The van der Waals surface area contributed by atoms with Gasteiger partial charge < -0.3 is 14.2 Å². The molecule has 20 heavy (non-hydrogen) atoms.